The minimum absolute atomic E-state index is 0.0473. The highest BCUT2D eigenvalue weighted by Crippen LogP contribution is 2.31. The maximum atomic E-state index is 13.7. The number of amides is 1. The molecule has 31 heavy (non-hydrogen) atoms. The van der Waals surface area contributed by atoms with Crippen molar-refractivity contribution in [3.8, 4) is 5.69 Å². The number of thioether (sulfide) groups is 1. The second kappa shape index (κ2) is 8.32. The lowest BCUT2D eigenvalue weighted by Crippen LogP contribution is -2.22. The predicted molar refractivity (Wildman–Crippen MR) is 129 cm³/mol. The normalized spacial score (nSPS) is 11.2. The van der Waals surface area contributed by atoms with E-state index in [2.05, 4.69) is 0 Å². The molecule has 0 bridgehead atoms. The number of hydrogen-bond donors (Lipinski definition) is 1. The van der Waals surface area contributed by atoms with Crippen molar-refractivity contribution < 1.29 is 4.79 Å². The summed E-state index contributed by atoms with van der Waals surface area (Å²) >= 11 is 3.03. The first-order valence-corrected chi connectivity index (χ1v) is 11.7. The van der Waals surface area contributed by atoms with Crippen molar-refractivity contribution in [3.05, 3.63) is 85.5 Å². The van der Waals surface area contributed by atoms with Crippen molar-refractivity contribution in [2.75, 3.05) is 0 Å². The Morgan fingerprint density at radius 3 is 2.58 bits per heavy atom. The van der Waals surface area contributed by atoms with E-state index in [1.54, 1.807) is 28.0 Å². The standard InChI is InChI=1S/C24H23N3O2S2/c1-13-7-5-10-19(14(13)2)27-23(29)20-15(3)16(4)31-22(20)26-24(27)30-12-17-8-6-9-18(11-17)21(25)28/h5-11H,12H2,1-4H3,(H2,25,28). The molecule has 0 fully saturated rings. The lowest BCUT2D eigenvalue weighted by molar-refractivity contribution is 0.1000. The highest BCUT2D eigenvalue weighted by Gasteiger charge is 2.19. The number of fused-ring (bicyclic) bond motifs is 1. The van der Waals surface area contributed by atoms with E-state index in [1.807, 2.05) is 58.0 Å². The van der Waals surface area contributed by atoms with Crippen LogP contribution in [-0.4, -0.2) is 15.5 Å². The summed E-state index contributed by atoms with van der Waals surface area (Å²) in [5.41, 5.74) is 10.8. The largest absolute Gasteiger partial charge is 0.366 e. The maximum Gasteiger partial charge on any atom is 0.267 e. The van der Waals surface area contributed by atoms with Gasteiger partial charge in [-0.2, -0.15) is 0 Å². The highest BCUT2D eigenvalue weighted by atomic mass is 32.2. The zero-order valence-electron chi connectivity index (χ0n) is 17.9. The molecular weight excluding hydrogens is 426 g/mol. The van der Waals surface area contributed by atoms with Gasteiger partial charge in [0, 0.05) is 16.2 Å². The number of primary amides is 1. The van der Waals surface area contributed by atoms with Gasteiger partial charge in [0.2, 0.25) is 5.91 Å². The minimum Gasteiger partial charge on any atom is -0.366 e. The molecule has 0 unspecified atom stereocenters. The van der Waals surface area contributed by atoms with Crippen molar-refractivity contribution in [2.45, 2.75) is 38.6 Å². The molecule has 0 saturated carbocycles. The van der Waals surface area contributed by atoms with Gasteiger partial charge in [-0.1, -0.05) is 36.0 Å². The number of aryl methyl sites for hydroxylation is 3. The number of nitrogens with zero attached hydrogens (tertiary/aromatic N) is 2. The number of hydrogen-bond acceptors (Lipinski definition) is 5. The Morgan fingerprint density at radius 1 is 1.10 bits per heavy atom. The second-order valence-electron chi connectivity index (χ2n) is 7.57. The summed E-state index contributed by atoms with van der Waals surface area (Å²) in [5.74, 6) is 0.107. The molecule has 0 spiro atoms. The van der Waals surface area contributed by atoms with E-state index < -0.39 is 5.91 Å². The van der Waals surface area contributed by atoms with Crippen molar-refractivity contribution >= 4 is 39.2 Å². The maximum absolute atomic E-state index is 13.7. The van der Waals surface area contributed by atoms with Gasteiger partial charge in [0.15, 0.2) is 5.16 Å². The molecule has 0 aliphatic carbocycles. The molecule has 158 valence electrons. The fourth-order valence-electron chi connectivity index (χ4n) is 3.52. The van der Waals surface area contributed by atoms with Crippen molar-refractivity contribution in [2.24, 2.45) is 5.73 Å². The van der Waals surface area contributed by atoms with Crippen LogP contribution in [0.4, 0.5) is 0 Å². The quantitative estimate of drug-likeness (QED) is 0.341. The first-order valence-electron chi connectivity index (χ1n) is 9.88. The van der Waals surface area contributed by atoms with Gasteiger partial charge in [-0.3, -0.25) is 14.2 Å². The van der Waals surface area contributed by atoms with E-state index in [-0.39, 0.29) is 5.56 Å². The van der Waals surface area contributed by atoms with Crippen LogP contribution in [0.5, 0.6) is 0 Å². The molecule has 1 amide bonds. The SMILES string of the molecule is Cc1cccc(-n2c(SCc3cccc(C(N)=O)c3)nc3sc(C)c(C)c3c2=O)c1C. The summed E-state index contributed by atoms with van der Waals surface area (Å²) in [5, 5.41) is 1.32. The molecule has 0 aliphatic heterocycles. The molecule has 7 heteroatoms. The monoisotopic (exact) mass is 449 g/mol. The van der Waals surface area contributed by atoms with Crippen LogP contribution in [0.15, 0.2) is 52.4 Å². The number of rotatable bonds is 5. The molecule has 4 aromatic rings. The first-order chi connectivity index (χ1) is 14.8. The van der Waals surface area contributed by atoms with Gasteiger partial charge in [0.1, 0.15) is 4.83 Å². The average Bonchev–Trinajstić information content (AvgIpc) is 3.03. The number of benzene rings is 2. The van der Waals surface area contributed by atoms with Crippen molar-refractivity contribution in [1.82, 2.24) is 9.55 Å². The summed E-state index contributed by atoms with van der Waals surface area (Å²) in [7, 11) is 0. The number of thiophene rings is 1. The van der Waals surface area contributed by atoms with Crippen LogP contribution in [0.25, 0.3) is 15.9 Å². The molecule has 0 radical (unpaired) electrons. The topological polar surface area (TPSA) is 78.0 Å². The van der Waals surface area contributed by atoms with Crippen LogP contribution >= 0.6 is 23.1 Å². The van der Waals surface area contributed by atoms with Gasteiger partial charge in [0.25, 0.3) is 5.56 Å². The van der Waals surface area contributed by atoms with Gasteiger partial charge in [-0.25, -0.2) is 4.98 Å². The van der Waals surface area contributed by atoms with Crippen LogP contribution in [0.1, 0.15) is 37.5 Å². The van der Waals surface area contributed by atoms with Crippen molar-refractivity contribution in [1.29, 1.82) is 0 Å². The van der Waals surface area contributed by atoms with E-state index in [0.717, 1.165) is 37.6 Å². The molecule has 2 heterocycles. The molecule has 2 N–H and O–H groups in total. The Kier molecular flexibility index (Phi) is 5.73. The number of nitrogens with two attached hydrogens (primary N) is 1. The molecule has 2 aromatic heterocycles. The fourth-order valence-corrected chi connectivity index (χ4v) is 5.54. The van der Waals surface area contributed by atoms with E-state index in [1.165, 1.54) is 11.8 Å². The van der Waals surface area contributed by atoms with Crippen LogP contribution in [0, 0.1) is 27.7 Å². The third kappa shape index (κ3) is 3.91. The number of carbonyl (C=O) groups is 1. The second-order valence-corrected chi connectivity index (χ2v) is 9.72. The van der Waals surface area contributed by atoms with Crippen LogP contribution in [0.3, 0.4) is 0 Å². The fraction of sp³-hybridized carbons (Fsp3) is 0.208. The summed E-state index contributed by atoms with van der Waals surface area (Å²) in [6.07, 6.45) is 0. The summed E-state index contributed by atoms with van der Waals surface area (Å²) < 4.78 is 1.73. The minimum atomic E-state index is -0.455. The molecule has 0 saturated heterocycles. The van der Waals surface area contributed by atoms with Crippen LogP contribution < -0.4 is 11.3 Å². The van der Waals surface area contributed by atoms with E-state index in [0.29, 0.717) is 21.9 Å². The Morgan fingerprint density at radius 2 is 1.84 bits per heavy atom. The zero-order valence-corrected chi connectivity index (χ0v) is 19.5. The molecule has 0 atom stereocenters. The molecule has 2 aromatic carbocycles. The van der Waals surface area contributed by atoms with Gasteiger partial charge < -0.3 is 5.73 Å². The summed E-state index contributed by atoms with van der Waals surface area (Å²) in [6, 6.07) is 13.2. The Hall–Kier alpha value is -2.90. The Bertz CT molecular complexity index is 1390. The summed E-state index contributed by atoms with van der Waals surface area (Å²) in [4.78, 5) is 31.9. The highest BCUT2D eigenvalue weighted by molar-refractivity contribution is 7.98. The predicted octanol–water partition coefficient (Wildman–Crippen LogP) is 5.07. The Balaban J connectivity index is 1.87. The van der Waals surface area contributed by atoms with Crippen molar-refractivity contribution in [3.63, 3.8) is 0 Å². The molecular formula is C24H23N3O2S2. The zero-order chi connectivity index (χ0) is 22.3. The Labute approximate surface area is 188 Å². The van der Waals surface area contributed by atoms with E-state index in [9.17, 15) is 9.59 Å². The number of carbonyl (C=O) groups excluding carboxylic acids is 1. The average molecular weight is 450 g/mol. The lowest BCUT2D eigenvalue weighted by Gasteiger charge is -2.16. The van der Waals surface area contributed by atoms with E-state index in [4.69, 9.17) is 10.7 Å². The van der Waals surface area contributed by atoms with Gasteiger partial charge in [0.05, 0.1) is 11.1 Å². The smallest absolute Gasteiger partial charge is 0.267 e. The lowest BCUT2D eigenvalue weighted by atomic mass is 10.1. The molecule has 5 nitrogen and oxygen atoms in total. The summed E-state index contributed by atoms with van der Waals surface area (Å²) in [6.45, 7) is 8.06. The van der Waals surface area contributed by atoms with Gasteiger partial charge in [-0.05, 0) is 68.1 Å². The van der Waals surface area contributed by atoms with Crippen LogP contribution in [-0.2, 0) is 5.75 Å². The van der Waals surface area contributed by atoms with Crippen LogP contribution in [0.2, 0.25) is 0 Å². The van der Waals surface area contributed by atoms with Gasteiger partial charge in [-0.15, -0.1) is 11.3 Å². The molecule has 4 rings (SSSR count). The van der Waals surface area contributed by atoms with Gasteiger partial charge >= 0.3 is 0 Å². The third-order valence-corrected chi connectivity index (χ3v) is 7.68. The first kappa shape index (κ1) is 21.3. The third-order valence-electron chi connectivity index (χ3n) is 5.57. The van der Waals surface area contributed by atoms with E-state index >= 15 is 0 Å². The number of aromatic nitrogens is 2. The molecule has 0 aliphatic rings.